The fraction of sp³-hybridized carbons (Fsp3) is 0.259. The number of rotatable bonds is 2. The molecule has 2 aromatic carbocycles. The fourth-order valence-corrected chi connectivity index (χ4v) is 5.67. The second-order valence-electron chi connectivity index (χ2n) is 8.15. The van der Waals surface area contributed by atoms with Gasteiger partial charge >= 0.3 is 0 Å². The third kappa shape index (κ3) is 2.22. The van der Waals surface area contributed by atoms with Gasteiger partial charge in [-0.3, -0.25) is 0 Å². The average molecular weight is 351 g/mol. The van der Waals surface area contributed by atoms with Crippen molar-refractivity contribution in [2.24, 2.45) is 11.8 Å². The van der Waals surface area contributed by atoms with E-state index in [0.717, 1.165) is 12.8 Å². The van der Waals surface area contributed by atoms with E-state index in [0.29, 0.717) is 11.8 Å². The molecule has 0 spiro atoms. The highest BCUT2D eigenvalue weighted by molar-refractivity contribution is 5.86. The van der Waals surface area contributed by atoms with Crippen LogP contribution in [0.3, 0.4) is 0 Å². The van der Waals surface area contributed by atoms with E-state index in [1.54, 1.807) is 5.57 Å². The molecule has 0 amide bonds. The van der Waals surface area contributed by atoms with Crippen LogP contribution in [-0.2, 0) is 5.41 Å². The Morgan fingerprint density at radius 2 is 1.67 bits per heavy atom. The van der Waals surface area contributed by atoms with Gasteiger partial charge < -0.3 is 0 Å². The fourth-order valence-electron chi connectivity index (χ4n) is 5.67. The first-order valence-corrected chi connectivity index (χ1v) is 10.2. The summed E-state index contributed by atoms with van der Waals surface area (Å²) in [5.74, 6) is 0.934. The third-order valence-corrected chi connectivity index (χ3v) is 6.70. The summed E-state index contributed by atoms with van der Waals surface area (Å²) in [6, 6.07) is 20.3. The van der Waals surface area contributed by atoms with Crippen LogP contribution in [0.15, 0.2) is 96.1 Å². The van der Waals surface area contributed by atoms with Gasteiger partial charge in [-0.15, -0.1) is 0 Å². The molecular formula is C27H26. The Balaban J connectivity index is 1.92. The minimum atomic E-state index is -0.102. The molecule has 3 atom stereocenters. The van der Waals surface area contributed by atoms with Gasteiger partial charge in [-0.2, -0.15) is 0 Å². The van der Waals surface area contributed by atoms with E-state index >= 15 is 0 Å². The number of hydrogen-bond acceptors (Lipinski definition) is 0. The Morgan fingerprint density at radius 1 is 0.889 bits per heavy atom. The maximum Gasteiger partial charge on any atom is 0.0528 e. The highest BCUT2D eigenvalue weighted by Crippen LogP contribution is 2.62. The molecular weight excluding hydrogens is 324 g/mol. The molecule has 0 bridgehead atoms. The minimum Gasteiger partial charge on any atom is -0.0839 e. The molecule has 3 unspecified atom stereocenters. The summed E-state index contributed by atoms with van der Waals surface area (Å²) in [6.07, 6.45) is 14.3. The van der Waals surface area contributed by atoms with Gasteiger partial charge in [-0.25, -0.2) is 0 Å². The van der Waals surface area contributed by atoms with Crippen LogP contribution < -0.4 is 0 Å². The Labute approximate surface area is 162 Å². The topological polar surface area (TPSA) is 0 Å². The molecule has 0 heterocycles. The molecule has 0 N–H and O–H groups in total. The first-order chi connectivity index (χ1) is 13.2. The van der Waals surface area contributed by atoms with Gasteiger partial charge in [0.25, 0.3) is 0 Å². The lowest BCUT2D eigenvalue weighted by Crippen LogP contribution is -2.38. The molecule has 0 radical (unpaired) electrons. The zero-order valence-electron chi connectivity index (χ0n) is 16.2. The Kier molecular flexibility index (Phi) is 3.82. The zero-order chi connectivity index (χ0) is 18.4. The van der Waals surface area contributed by atoms with Crippen molar-refractivity contribution in [3.05, 3.63) is 113 Å². The maximum atomic E-state index is 2.49. The van der Waals surface area contributed by atoms with E-state index in [1.807, 2.05) is 0 Å². The number of allylic oxidation sites excluding steroid dienone is 8. The van der Waals surface area contributed by atoms with Crippen LogP contribution in [0.25, 0.3) is 5.57 Å². The van der Waals surface area contributed by atoms with Crippen LogP contribution in [0.1, 0.15) is 43.4 Å². The van der Waals surface area contributed by atoms with Gasteiger partial charge in [-0.1, -0.05) is 91.9 Å². The van der Waals surface area contributed by atoms with Crippen molar-refractivity contribution in [1.29, 1.82) is 0 Å². The Bertz CT molecular complexity index is 999. The molecule has 0 nitrogen and oxygen atoms in total. The predicted octanol–water partition coefficient (Wildman–Crippen LogP) is 6.86. The molecule has 0 saturated carbocycles. The van der Waals surface area contributed by atoms with E-state index in [1.165, 1.54) is 27.8 Å². The molecule has 0 aliphatic heterocycles. The number of hydrogen-bond donors (Lipinski definition) is 0. The normalized spacial score (nSPS) is 28.7. The lowest BCUT2D eigenvalue weighted by molar-refractivity contribution is 0.395. The highest BCUT2D eigenvalue weighted by atomic mass is 14.6. The monoisotopic (exact) mass is 350 g/mol. The number of benzene rings is 2. The predicted molar refractivity (Wildman–Crippen MR) is 115 cm³/mol. The largest absolute Gasteiger partial charge is 0.0839 e. The van der Waals surface area contributed by atoms with Gasteiger partial charge in [0.05, 0.1) is 5.41 Å². The van der Waals surface area contributed by atoms with Crippen LogP contribution in [0.4, 0.5) is 0 Å². The third-order valence-electron chi connectivity index (χ3n) is 6.70. The van der Waals surface area contributed by atoms with Crippen molar-refractivity contribution in [1.82, 2.24) is 0 Å². The summed E-state index contributed by atoms with van der Waals surface area (Å²) >= 11 is 0. The van der Waals surface area contributed by atoms with E-state index in [4.69, 9.17) is 0 Å². The highest BCUT2D eigenvalue weighted by Gasteiger charge is 2.54. The first kappa shape index (κ1) is 16.6. The Hall–Kier alpha value is -2.60. The van der Waals surface area contributed by atoms with Crippen LogP contribution in [0.2, 0.25) is 0 Å². The van der Waals surface area contributed by atoms with E-state index in [2.05, 4.69) is 98.8 Å². The zero-order valence-corrected chi connectivity index (χ0v) is 16.2. The molecule has 0 aromatic heterocycles. The summed E-state index contributed by atoms with van der Waals surface area (Å²) in [7, 11) is 0. The lowest BCUT2D eigenvalue weighted by Gasteiger charge is -2.43. The standard InChI is InChI=1S/C27H26/c1-19-17-18-20(2)26-25(19)23-15-9-10-16-24(23)27(26,21-11-5-3-6-12-21)22-13-7-4-8-14-22/h3,5-7,9-18,20,26H,4,8H2,1-2H3. The average Bonchev–Trinajstić information content (AvgIpc) is 3.05. The van der Waals surface area contributed by atoms with Crippen molar-refractivity contribution in [3.8, 4) is 0 Å². The molecule has 0 heteroatoms. The molecule has 27 heavy (non-hydrogen) atoms. The van der Waals surface area contributed by atoms with Gasteiger partial charge in [0.1, 0.15) is 0 Å². The minimum absolute atomic E-state index is 0.102. The van der Waals surface area contributed by atoms with Gasteiger partial charge in [-0.05, 0) is 59.1 Å². The molecule has 2 aromatic rings. The van der Waals surface area contributed by atoms with Crippen LogP contribution in [0.5, 0.6) is 0 Å². The van der Waals surface area contributed by atoms with Crippen molar-refractivity contribution >= 4 is 5.57 Å². The molecule has 5 rings (SSSR count). The molecule has 3 aliphatic rings. The van der Waals surface area contributed by atoms with Gasteiger partial charge in [0.15, 0.2) is 0 Å². The molecule has 0 fully saturated rings. The van der Waals surface area contributed by atoms with E-state index in [-0.39, 0.29) is 5.41 Å². The second-order valence-corrected chi connectivity index (χ2v) is 8.15. The van der Waals surface area contributed by atoms with Crippen LogP contribution >= 0.6 is 0 Å². The second kappa shape index (κ2) is 6.23. The SMILES string of the molecule is CC1=C2c3ccccc3C(C3=CCCC=C3)(c3ccccc3)C2C(C)C=C1. The van der Waals surface area contributed by atoms with Gasteiger partial charge in [0, 0.05) is 5.92 Å². The quantitative estimate of drug-likeness (QED) is 0.555. The smallest absolute Gasteiger partial charge is 0.0528 e. The molecule has 3 aliphatic carbocycles. The molecule has 0 saturated heterocycles. The van der Waals surface area contributed by atoms with Crippen LogP contribution in [0, 0.1) is 11.8 Å². The van der Waals surface area contributed by atoms with E-state index in [9.17, 15) is 0 Å². The summed E-state index contributed by atoms with van der Waals surface area (Å²) < 4.78 is 0. The van der Waals surface area contributed by atoms with Crippen molar-refractivity contribution in [2.45, 2.75) is 32.1 Å². The summed E-state index contributed by atoms with van der Waals surface area (Å²) in [5.41, 5.74) is 8.68. The van der Waals surface area contributed by atoms with Crippen LogP contribution in [-0.4, -0.2) is 0 Å². The summed E-state index contributed by atoms with van der Waals surface area (Å²) in [5, 5.41) is 0. The van der Waals surface area contributed by atoms with Gasteiger partial charge in [0.2, 0.25) is 0 Å². The van der Waals surface area contributed by atoms with Crippen molar-refractivity contribution < 1.29 is 0 Å². The first-order valence-electron chi connectivity index (χ1n) is 10.2. The van der Waals surface area contributed by atoms with Crippen molar-refractivity contribution in [3.63, 3.8) is 0 Å². The number of fused-ring (bicyclic) bond motifs is 3. The lowest BCUT2D eigenvalue weighted by atomic mass is 9.59. The molecule has 134 valence electrons. The Morgan fingerprint density at radius 3 is 2.44 bits per heavy atom. The summed E-state index contributed by atoms with van der Waals surface area (Å²) in [4.78, 5) is 0. The maximum absolute atomic E-state index is 2.49. The summed E-state index contributed by atoms with van der Waals surface area (Å²) in [6.45, 7) is 4.68. The van der Waals surface area contributed by atoms with E-state index < -0.39 is 0 Å². The van der Waals surface area contributed by atoms with Crippen molar-refractivity contribution in [2.75, 3.05) is 0 Å².